The highest BCUT2D eigenvalue weighted by atomic mass is 16.4. The monoisotopic (exact) mass is 217 g/mol. The summed E-state index contributed by atoms with van der Waals surface area (Å²) >= 11 is 0. The largest absolute Gasteiger partial charge is 0.480 e. The maximum Gasteiger partial charge on any atom is 0.323 e. The molecule has 84 valence electrons. The zero-order chi connectivity index (χ0) is 12.0. The molecule has 0 fully saturated rings. The van der Waals surface area contributed by atoms with Gasteiger partial charge in [0, 0.05) is 0 Å². The van der Waals surface area contributed by atoms with Gasteiger partial charge < -0.3 is 5.11 Å². The maximum atomic E-state index is 10.9. The zero-order valence-corrected chi connectivity index (χ0v) is 9.31. The summed E-state index contributed by atoms with van der Waals surface area (Å²) in [5.41, 5.74) is -0.0809. The number of carbonyl (C=O) groups is 1. The summed E-state index contributed by atoms with van der Waals surface area (Å²) in [5.74, 6) is -1.04. The molecule has 1 aromatic carbocycles. The normalized spacial score (nSPS) is 13.8. The molecule has 0 aliphatic rings. The average Bonchev–Trinajstić information content (AvgIpc) is 2.30. The first kappa shape index (κ1) is 12.3. The maximum absolute atomic E-state index is 10.9. The Morgan fingerprint density at radius 3 is 2.56 bits per heavy atom. The Kier molecular flexibility index (Phi) is 4.07. The molecule has 16 heavy (non-hydrogen) atoms. The third-order valence-corrected chi connectivity index (χ3v) is 2.70. The number of aliphatic carboxylic acids is 1. The summed E-state index contributed by atoms with van der Waals surface area (Å²) in [6.45, 7) is 1.47. The van der Waals surface area contributed by atoms with E-state index in [1.54, 1.807) is 0 Å². The van der Waals surface area contributed by atoms with E-state index in [1.165, 1.54) is 12.5 Å². The van der Waals surface area contributed by atoms with Gasteiger partial charge in [-0.25, -0.2) is 0 Å². The van der Waals surface area contributed by atoms with E-state index in [0.717, 1.165) is 6.42 Å². The molecule has 0 aliphatic heterocycles. The first-order chi connectivity index (χ1) is 7.58. The number of nitrogens with zero attached hydrogens (tertiary/aromatic N) is 1. The van der Waals surface area contributed by atoms with Gasteiger partial charge in [0.15, 0.2) is 5.41 Å². The highest BCUT2D eigenvalue weighted by Gasteiger charge is 2.32. The minimum absolute atomic E-state index is 0.383. The quantitative estimate of drug-likeness (QED) is 0.824. The van der Waals surface area contributed by atoms with Crippen LogP contribution in [0.3, 0.4) is 0 Å². The fourth-order valence-corrected chi connectivity index (χ4v) is 1.50. The third-order valence-electron chi connectivity index (χ3n) is 2.70. The van der Waals surface area contributed by atoms with Crippen LogP contribution in [0.4, 0.5) is 0 Å². The standard InChI is InChI=1S/C13H15NO2/c1-13(10-14,12(15)16)9-5-8-11-6-3-2-4-7-11/h2-4,6-7H,5,8-9H2,1H3,(H,15,16). The van der Waals surface area contributed by atoms with Crippen molar-refractivity contribution in [3.05, 3.63) is 35.9 Å². The summed E-state index contributed by atoms with van der Waals surface area (Å²) in [6.07, 6.45) is 1.90. The van der Waals surface area contributed by atoms with E-state index in [0.29, 0.717) is 12.8 Å². The average molecular weight is 217 g/mol. The minimum Gasteiger partial charge on any atom is -0.480 e. The van der Waals surface area contributed by atoms with Gasteiger partial charge >= 0.3 is 5.97 Å². The number of carboxylic acid groups (broad SMARTS) is 1. The van der Waals surface area contributed by atoms with Crippen LogP contribution in [-0.2, 0) is 11.2 Å². The van der Waals surface area contributed by atoms with Crippen LogP contribution in [0.5, 0.6) is 0 Å². The van der Waals surface area contributed by atoms with E-state index in [4.69, 9.17) is 10.4 Å². The molecular weight excluding hydrogens is 202 g/mol. The van der Waals surface area contributed by atoms with E-state index in [-0.39, 0.29) is 0 Å². The minimum atomic E-state index is -1.26. The Balaban J connectivity index is 2.47. The van der Waals surface area contributed by atoms with Gasteiger partial charge in [0.05, 0.1) is 6.07 Å². The Hall–Kier alpha value is -1.82. The van der Waals surface area contributed by atoms with E-state index in [1.807, 2.05) is 36.4 Å². The first-order valence-electron chi connectivity index (χ1n) is 5.27. The Labute approximate surface area is 95.3 Å². The van der Waals surface area contributed by atoms with E-state index < -0.39 is 11.4 Å². The van der Waals surface area contributed by atoms with E-state index in [9.17, 15) is 4.79 Å². The third kappa shape index (κ3) is 3.09. The van der Waals surface area contributed by atoms with Crippen LogP contribution >= 0.6 is 0 Å². The molecule has 0 saturated carbocycles. The van der Waals surface area contributed by atoms with Gasteiger partial charge in [-0.3, -0.25) is 4.79 Å². The Bertz CT molecular complexity index is 394. The molecule has 1 aromatic rings. The Morgan fingerprint density at radius 1 is 1.44 bits per heavy atom. The summed E-state index contributed by atoms with van der Waals surface area (Å²) in [4.78, 5) is 10.9. The van der Waals surface area contributed by atoms with Crippen LogP contribution < -0.4 is 0 Å². The smallest absolute Gasteiger partial charge is 0.323 e. The molecule has 0 radical (unpaired) electrons. The predicted molar refractivity (Wildman–Crippen MR) is 60.7 cm³/mol. The summed E-state index contributed by atoms with van der Waals surface area (Å²) in [6, 6.07) is 11.7. The zero-order valence-electron chi connectivity index (χ0n) is 9.31. The molecular formula is C13H15NO2. The Morgan fingerprint density at radius 2 is 2.06 bits per heavy atom. The van der Waals surface area contributed by atoms with Crippen LogP contribution in [0.25, 0.3) is 0 Å². The lowest BCUT2D eigenvalue weighted by atomic mass is 9.86. The molecule has 1 N–H and O–H groups in total. The fraction of sp³-hybridized carbons (Fsp3) is 0.385. The molecule has 3 heteroatoms. The molecule has 1 rings (SSSR count). The lowest BCUT2D eigenvalue weighted by molar-refractivity contribution is -0.145. The van der Waals surface area contributed by atoms with Gasteiger partial charge in [0.25, 0.3) is 0 Å². The summed E-state index contributed by atoms with van der Waals surface area (Å²) < 4.78 is 0. The van der Waals surface area contributed by atoms with Crippen molar-refractivity contribution in [2.24, 2.45) is 5.41 Å². The van der Waals surface area contributed by atoms with Crippen LogP contribution in [0.15, 0.2) is 30.3 Å². The molecule has 0 aliphatic carbocycles. The highest BCUT2D eigenvalue weighted by molar-refractivity contribution is 5.77. The number of rotatable bonds is 5. The number of nitriles is 1. The second-order valence-electron chi connectivity index (χ2n) is 4.09. The van der Waals surface area contributed by atoms with E-state index >= 15 is 0 Å². The van der Waals surface area contributed by atoms with Crippen molar-refractivity contribution in [2.45, 2.75) is 26.2 Å². The lowest BCUT2D eigenvalue weighted by Crippen LogP contribution is -2.25. The molecule has 1 unspecified atom stereocenters. The molecule has 0 heterocycles. The van der Waals surface area contributed by atoms with Crippen molar-refractivity contribution < 1.29 is 9.90 Å². The van der Waals surface area contributed by atoms with Crippen LogP contribution in [0, 0.1) is 16.7 Å². The number of hydrogen-bond acceptors (Lipinski definition) is 2. The number of hydrogen-bond donors (Lipinski definition) is 1. The molecule has 3 nitrogen and oxygen atoms in total. The molecule has 0 amide bonds. The van der Waals surface area contributed by atoms with Crippen molar-refractivity contribution in [3.8, 4) is 6.07 Å². The first-order valence-corrected chi connectivity index (χ1v) is 5.27. The summed E-state index contributed by atoms with van der Waals surface area (Å²) in [5, 5.41) is 17.7. The van der Waals surface area contributed by atoms with Crippen molar-refractivity contribution in [2.75, 3.05) is 0 Å². The van der Waals surface area contributed by atoms with Crippen LogP contribution in [-0.4, -0.2) is 11.1 Å². The van der Waals surface area contributed by atoms with Gasteiger partial charge in [0.2, 0.25) is 0 Å². The lowest BCUT2D eigenvalue weighted by Gasteiger charge is -2.15. The van der Waals surface area contributed by atoms with Crippen molar-refractivity contribution in [3.63, 3.8) is 0 Å². The van der Waals surface area contributed by atoms with Gasteiger partial charge in [-0.05, 0) is 31.7 Å². The van der Waals surface area contributed by atoms with Gasteiger partial charge in [0.1, 0.15) is 0 Å². The van der Waals surface area contributed by atoms with Gasteiger partial charge in [-0.2, -0.15) is 5.26 Å². The second kappa shape index (κ2) is 5.32. The van der Waals surface area contributed by atoms with Gasteiger partial charge in [-0.15, -0.1) is 0 Å². The van der Waals surface area contributed by atoms with Crippen LogP contribution in [0.2, 0.25) is 0 Å². The fourth-order valence-electron chi connectivity index (χ4n) is 1.50. The second-order valence-corrected chi connectivity index (χ2v) is 4.09. The topological polar surface area (TPSA) is 61.1 Å². The predicted octanol–water partition coefficient (Wildman–Crippen LogP) is 2.62. The molecule has 1 atom stereocenters. The van der Waals surface area contributed by atoms with Crippen LogP contribution in [0.1, 0.15) is 25.3 Å². The SMILES string of the molecule is CC(C#N)(CCCc1ccccc1)C(=O)O. The number of carboxylic acids is 1. The number of benzene rings is 1. The molecule has 0 spiro atoms. The van der Waals surface area contributed by atoms with Gasteiger partial charge in [-0.1, -0.05) is 30.3 Å². The molecule has 0 saturated heterocycles. The number of aryl methyl sites for hydroxylation is 1. The molecule has 0 aromatic heterocycles. The highest BCUT2D eigenvalue weighted by Crippen LogP contribution is 2.23. The van der Waals surface area contributed by atoms with E-state index in [2.05, 4.69) is 0 Å². The van der Waals surface area contributed by atoms with Crippen molar-refractivity contribution >= 4 is 5.97 Å². The van der Waals surface area contributed by atoms with Crippen molar-refractivity contribution in [1.29, 1.82) is 5.26 Å². The van der Waals surface area contributed by atoms with Crippen molar-refractivity contribution in [1.82, 2.24) is 0 Å². The summed E-state index contributed by atoms with van der Waals surface area (Å²) in [7, 11) is 0. The molecule has 0 bridgehead atoms.